The number of hydrogen-bond donors (Lipinski definition) is 1. The van der Waals surface area contributed by atoms with Gasteiger partial charge < -0.3 is 10.1 Å². The number of anilines is 1. The first-order valence-corrected chi connectivity index (χ1v) is 7.39. The number of hydrogen-bond acceptors (Lipinski definition) is 4. The molecule has 4 nitrogen and oxygen atoms in total. The predicted octanol–water partition coefficient (Wildman–Crippen LogP) is 3.59. The van der Waals surface area contributed by atoms with Gasteiger partial charge in [-0.05, 0) is 31.9 Å². The highest BCUT2D eigenvalue weighted by molar-refractivity contribution is 5.60. The van der Waals surface area contributed by atoms with Gasteiger partial charge in [0.05, 0.1) is 6.61 Å². The summed E-state index contributed by atoms with van der Waals surface area (Å²) in [6.07, 6.45) is 0.929. The average Bonchev–Trinajstić information content (AvgIpc) is 2.48. The molecular weight excluding hydrogens is 262 g/mol. The van der Waals surface area contributed by atoms with E-state index in [1.165, 1.54) is 5.56 Å². The minimum absolute atomic E-state index is 0.597. The number of aryl methyl sites for hydroxylation is 1. The summed E-state index contributed by atoms with van der Waals surface area (Å²) in [5, 5.41) is 3.34. The molecule has 0 radical (unpaired) electrons. The molecule has 0 saturated carbocycles. The molecule has 0 bridgehead atoms. The fraction of sp³-hybridized carbons (Fsp3) is 0.412. The smallest absolute Gasteiger partial charge is 0.161 e. The van der Waals surface area contributed by atoms with Crippen molar-refractivity contribution >= 4 is 5.82 Å². The number of rotatable bonds is 6. The minimum Gasteiger partial charge on any atom is -0.380 e. The van der Waals surface area contributed by atoms with Crippen molar-refractivity contribution in [3.8, 4) is 11.4 Å². The number of nitrogens with one attached hydrogen (secondary N) is 1. The largest absolute Gasteiger partial charge is 0.380 e. The molecule has 0 unspecified atom stereocenters. The molecule has 2 rings (SSSR count). The Kier molecular flexibility index (Phi) is 5.28. The van der Waals surface area contributed by atoms with Crippen LogP contribution in [0.1, 0.15) is 30.7 Å². The Morgan fingerprint density at radius 2 is 2.00 bits per heavy atom. The Labute approximate surface area is 126 Å². The second-order valence-electron chi connectivity index (χ2n) is 4.98. The fourth-order valence-corrected chi connectivity index (χ4v) is 2.43. The molecule has 2 aromatic rings. The van der Waals surface area contributed by atoms with Gasteiger partial charge in [0.15, 0.2) is 5.82 Å². The van der Waals surface area contributed by atoms with Gasteiger partial charge in [0.25, 0.3) is 0 Å². The number of benzene rings is 1. The molecule has 0 atom stereocenters. The molecule has 1 heterocycles. The Balaban J connectivity index is 2.46. The van der Waals surface area contributed by atoms with Crippen molar-refractivity contribution in [2.24, 2.45) is 0 Å². The average molecular weight is 285 g/mol. The highest BCUT2D eigenvalue weighted by atomic mass is 16.5. The van der Waals surface area contributed by atoms with E-state index in [1.807, 2.05) is 25.1 Å². The van der Waals surface area contributed by atoms with Crippen LogP contribution in [0.5, 0.6) is 0 Å². The molecule has 112 valence electrons. The summed E-state index contributed by atoms with van der Waals surface area (Å²) in [5.41, 5.74) is 4.37. The topological polar surface area (TPSA) is 47.0 Å². The highest BCUT2D eigenvalue weighted by Gasteiger charge is 2.11. The van der Waals surface area contributed by atoms with Crippen LogP contribution >= 0.6 is 0 Å². The summed E-state index contributed by atoms with van der Waals surface area (Å²) in [7, 11) is 1.70. The van der Waals surface area contributed by atoms with Crippen molar-refractivity contribution in [3.05, 3.63) is 41.1 Å². The van der Waals surface area contributed by atoms with Crippen molar-refractivity contribution < 1.29 is 4.74 Å². The Bertz CT molecular complexity index is 611. The summed E-state index contributed by atoms with van der Waals surface area (Å²) in [6.45, 7) is 7.71. The number of nitrogens with zero attached hydrogens (tertiary/aromatic N) is 2. The Morgan fingerprint density at radius 3 is 2.67 bits per heavy atom. The maximum Gasteiger partial charge on any atom is 0.161 e. The zero-order valence-corrected chi connectivity index (χ0v) is 13.2. The van der Waals surface area contributed by atoms with E-state index in [-0.39, 0.29) is 0 Å². The summed E-state index contributed by atoms with van der Waals surface area (Å²) >= 11 is 0. The van der Waals surface area contributed by atoms with E-state index in [0.717, 1.165) is 41.4 Å². The van der Waals surface area contributed by atoms with E-state index < -0.39 is 0 Å². The second kappa shape index (κ2) is 7.18. The van der Waals surface area contributed by atoms with E-state index in [2.05, 4.69) is 30.2 Å². The highest BCUT2D eigenvalue weighted by Crippen LogP contribution is 2.23. The van der Waals surface area contributed by atoms with Gasteiger partial charge in [0.1, 0.15) is 5.82 Å². The van der Waals surface area contributed by atoms with Gasteiger partial charge >= 0.3 is 0 Å². The molecular formula is C17H23N3O. The molecule has 0 aliphatic rings. The van der Waals surface area contributed by atoms with Crippen LogP contribution in [0.25, 0.3) is 11.4 Å². The van der Waals surface area contributed by atoms with Crippen molar-refractivity contribution in [1.82, 2.24) is 9.97 Å². The van der Waals surface area contributed by atoms with Crippen molar-refractivity contribution in [1.29, 1.82) is 0 Å². The molecule has 0 aliphatic carbocycles. The van der Waals surface area contributed by atoms with E-state index in [4.69, 9.17) is 9.72 Å². The lowest BCUT2D eigenvalue weighted by molar-refractivity contribution is 0.185. The molecule has 21 heavy (non-hydrogen) atoms. The SMILES string of the molecule is CCNc1nc(-c2cccc(COC)c2)nc(C)c1CC. The maximum absolute atomic E-state index is 5.19. The number of methoxy groups -OCH3 is 1. The van der Waals surface area contributed by atoms with Crippen molar-refractivity contribution in [3.63, 3.8) is 0 Å². The van der Waals surface area contributed by atoms with Crippen LogP contribution < -0.4 is 5.32 Å². The molecule has 0 fully saturated rings. The van der Waals surface area contributed by atoms with Crippen LogP contribution in [0.4, 0.5) is 5.82 Å². The molecule has 1 aromatic heterocycles. The summed E-state index contributed by atoms with van der Waals surface area (Å²) in [6, 6.07) is 8.18. The van der Waals surface area contributed by atoms with Crippen LogP contribution in [0.2, 0.25) is 0 Å². The zero-order chi connectivity index (χ0) is 15.2. The lowest BCUT2D eigenvalue weighted by atomic mass is 10.1. The number of aromatic nitrogens is 2. The zero-order valence-electron chi connectivity index (χ0n) is 13.2. The quantitative estimate of drug-likeness (QED) is 0.881. The van der Waals surface area contributed by atoms with Crippen LogP contribution in [0.3, 0.4) is 0 Å². The standard InChI is InChI=1S/C17H23N3O/c1-5-15-12(3)19-16(20-17(15)18-6-2)14-9-7-8-13(10-14)11-21-4/h7-10H,5-6,11H2,1-4H3,(H,18,19,20). The third-order valence-electron chi connectivity index (χ3n) is 3.41. The monoisotopic (exact) mass is 285 g/mol. The van der Waals surface area contributed by atoms with Crippen LogP contribution in [-0.2, 0) is 17.8 Å². The Hall–Kier alpha value is -1.94. The molecule has 0 aliphatic heterocycles. The molecule has 1 N–H and O–H groups in total. The van der Waals surface area contributed by atoms with E-state index in [1.54, 1.807) is 7.11 Å². The van der Waals surface area contributed by atoms with Gasteiger partial charge in [-0.3, -0.25) is 0 Å². The summed E-state index contributed by atoms with van der Waals surface area (Å²) in [5.74, 6) is 1.71. The van der Waals surface area contributed by atoms with Crippen LogP contribution in [0.15, 0.2) is 24.3 Å². The van der Waals surface area contributed by atoms with Gasteiger partial charge in [-0.15, -0.1) is 0 Å². The molecule has 0 spiro atoms. The maximum atomic E-state index is 5.19. The molecule has 0 amide bonds. The van der Waals surface area contributed by atoms with E-state index in [9.17, 15) is 0 Å². The lowest BCUT2D eigenvalue weighted by Gasteiger charge is -2.13. The van der Waals surface area contributed by atoms with Crippen LogP contribution in [-0.4, -0.2) is 23.6 Å². The third-order valence-corrected chi connectivity index (χ3v) is 3.41. The normalized spacial score (nSPS) is 10.7. The first-order chi connectivity index (χ1) is 10.2. The Morgan fingerprint density at radius 1 is 1.19 bits per heavy atom. The van der Waals surface area contributed by atoms with Gasteiger partial charge in [-0.1, -0.05) is 25.1 Å². The fourth-order valence-electron chi connectivity index (χ4n) is 2.43. The van der Waals surface area contributed by atoms with Gasteiger partial charge in [0, 0.05) is 30.5 Å². The van der Waals surface area contributed by atoms with E-state index in [0.29, 0.717) is 6.61 Å². The lowest BCUT2D eigenvalue weighted by Crippen LogP contribution is -2.08. The van der Waals surface area contributed by atoms with Gasteiger partial charge in [-0.25, -0.2) is 9.97 Å². The number of ether oxygens (including phenoxy) is 1. The third kappa shape index (κ3) is 3.58. The summed E-state index contributed by atoms with van der Waals surface area (Å²) in [4.78, 5) is 9.37. The van der Waals surface area contributed by atoms with Gasteiger partial charge in [-0.2, -0.15) is 0 Å². The molecule has 4 heteroatoms. The molecule has 0 saturated heterocycles. The summed E-state index contributed by atoms with van der Waals surface area (Å²) < 4.78 is 5.19. The second-order valence-corrected chi connectivity index (χ2v) is 4.98. The first kappa shape index (κ1) is 15.4. The van der Waals surface area contributed by atoms with Crippen molar-refractivity contribution in [2.75, 3.05) is 19.0 Å². The van der Waals surface area contributed by atoms with Crippen LogP contribution in [0, 0.1) is 6.92 Å². The van der Waals surface area contributed by atoms with E-state index >= 15 is 0 Å². The predicted molar refractivity (Wildman–Crippen MR) is 86.5 cm³/mol. The van der Waals surface area contributed by atoms with Crippen molar-refractivity contribution in [2.45, 2.75) is 33.8 Å². The van der Waals surface area contributed by atoms with Gasteiger partial charge in [0.2, 0.25) is 0 Å². The molecule has 1 aromatic carbocycles. The minimum atomic E-state index is 0.597. The first-order valence-electron chi connectivity index (χ1n) is 7.39.